The highest BCUT2D eigenvalue weighted by Gasteiger charge is 2.40. The van der Waals surface area contributed by atoms with Crippen molar-refractivity contribution in [3.63, 3.8) is 0 Å². The van der Waals surface area contributed by atoms with E-state index < -0.39 is 24.0 Å². The number of aliphatic hydroxyl groups is 1. The van der Waals surface area contributed by atoms with Crippen LogP contribution in [0.3, 0.4) is 0 Å². The Labute approximate surface area is 63.9 Å². The molecule has 1 fully saturated rings. The third-order valence-corrected chi connectivity index (χ3v) is 1.85. The molecule has 1 saturated heterocycles. The fraction of sp³-hybridized carbons (Fsp3) is 0.571. The van der Waals surface area contributed by atoms with Crippen molar-refractivity contribution < 1.29 is 14.3 Å². The summed E-state index contributed by atoms with van der Waals surface area (Å²) in [6, 6.07) is -0.505. The van der Waals surface area contributed by atoms with Crippen LogP contribution < -0.4 is 5.32 Å². The van der Waals surface area contributed by atoms with Gasteiger partial charge in [0, 0.05) is 5.92 Å². The lowest BCUT2D eigenvalue weighted by atomic mass is 10.0. The zero-order chi connectivity index (χ0) is 8.43. The number of rotatable bonds is 2. The Morgan fingerprint density at radius 1 is 1.82 bits per heavy atom. The van der Waals surface area contributed by atoms with Crippen LogP contribution in [0.1, 0.15) is 0 Å². The first-order valence-corrected chi connectivity index (χ1v) is 3.38. The summed E-state index contributed by atoms with van der Waals surface area (Å²) < 4.78 is 12.8. The van der Waals surface area contributed by atoms with Crippen molar-refractivity contribution in [2.45, 2.75) is 12.2 Å². The minimum atomic E-state index is -1.55. The van der Waals surface area contributed by atoms with Gasteiger partial charge < -0.3 is 10.4 Å². The van der Waals surface area contributed by atoms with Crippen LogP contribution in [0.4, 0.5) is 4.39 Å². The molecule has 0 aliphatic carbocycles. The van der Waals surface area contributed by atoms with Crippen LogP contribution in [0.25, 0.3) is 0 Å². The van der Waals surface area contributed by atoms with E-state index in [1.54, 1.807) is 0 Å². The first-order chi connectivity index (χ1) is 5.20. The van der Waals surface area contributed by atoms with E-state index in [-0.39, 0.29) is 6.61 Å². The highest BCUT2D eigenvalue weighted by Crippen LogP contribution is 2.20. The summed E-state index contributed by atoms with van der Waals surface area (Å²) in [4.78, 5) is 10.7. The van der Waals surface area contributed by atoms with Gasteiger partial charge in [0.05, 0.1) is 12.6 Å². The van der Waals surface area contributed by atoms with Crippen molar-refractivity contribution in [2.75, 3.05) is 6.61 Å². The Hall–Kier alpha value is -0.900. The summed E-state index contributed by atoms with van der Waals surface area (Å²) in [6.07, 6.45) is -0.201. The van der Waals surface area contributed by atoms with Gasteiger partial charge in [-0.15, -0.1) is 6.58 Å². The predicted octanol–water partition coefficient (Wildman–Crippen LogP) is -0.383. The molecule has 0 bridgehead atoms. The molecule has 0 saturated carbocycles. The van der Waals surface area contributed by atoms with E-state index in [0.29, 0.717) is 0 Å². The molecule has 4 heteroatoms. The topological polar surface area (TPSA) is 49.3 Å². The highest BCUT2D eigenvalue weighted by molar-refractivity contribution is 5.84. The van der Waals surface area contributed by atoms with E-state index in [0.717, 1.165) is 0 Å². The molecule has 0 radical (unpaired) electrons. The van der Waals surface area contributed by atoms with Gasteiger partial charge in [-0.05, 0) is 0 Å². The monoisotopic (exact) mass is 159 g/mol. The molecule has 0 aromatic rings. The largest absolute Gasteiger partial charge is 0.394 e. The van der Waals surface area contributed by atoms with Gasteiger partial charge in [-0.1, -0.05) is 6.08 Å². The van der Waals surface area contributed by atoms with E-state index in [2.05, 4.69) is 11.9 Å². The number of hydrogen-bond donors (Lipinski definition) is 2. The first kappa shape index (κ1) is 8.20. The second-order valence-electron chi connectivity index (χ2n) is 2.51. The van der Waals surface area contributed by atoms with E-state index in [1.165, 1.54) is 6.08 Å². The van der Waals surface area contributed by atoms with Gasteiger partial charge in [0.25, 0.3) is 5.91 Å². The molecule has 0 aromatic carbocycles. The zero-order valence-corrected chi connectivity index (χ0v) is 5.96. The molecule has 1 heterocycles. The molecule has 3 unspecified atom stereocenters. The summed E-state index contributed by atoms with van der Waals surface area (Å²) in [7, 11) is 0. The van der Waals surface area contributed by atoms with Gasteiger partial charge in [0.2, 0.25) is 0 Å². The van der Waals surface area contributed by atoms with Crippen LogP contribution in [0, 0.1) is 5.92 Å². The maximum atomic E-state index is 12.8. The standard InChI is InChI=1S/C7H10FNO2/c1-2-4-5(3-10)9-7(11)6(4)8/h2,4-6,10H,1,3H2,(H,9,11). The van der Waals surface area contributed by atoms with E-state index in [1.807, 2.05) is 0 Å². The maximum absolute atomic E-state index is 12.8. The summed E-state index contributed by atoms with van der Waals surface area (Å²) in [5.41, 5.74) is 0. The smallest absolute Gasteiger partial charge is 0.255 e. The second-order valence-corrected chi connectivity index (χ2v) is 2.51. The van der Waals surface area contributed by atoms with Crippen LogP contribution in [0.15, 0.2) is 12.7 Å². The Balaban J connectivity index is 2.72. The summed E-state index contributed by atoms with van der Waals surface area (Å²) in [6.45, 7) is 3.14. The van der Waals surface area contributed by atoms with Crippen LogP contribution in [0.2, 0.25) is 0 Å². The minimum Gasteiger partial charge on any atom is -0.394 e. The Morgan fingerprint density at radius 3 is 2.82 bits per heavy atom. The molecule has 0 aromatic heterocycles. The van der Waals surface area contributed by atoms with Gasteiger partial charge in [-0.2, -0.15) is 0 Å². The molecule has 1 amide bonds. The number of hydrogen-bond acceptors (Lipinski definition) is 2. The molecule has 0 spiro atoms. The lowest BCUT2D eigenvalue weighted by Gasteiger charge is -2.11. The SMILES string of the molecule is C=CC1C(CO)NC(=O)C1F. The molecule has 1 aliphatic heterocycles. The molecule has 2 N–H and O–H groups in total. The summed E-state index contributed by atoms with van der Waals surface area (Å²) >= 11 is 0. The first-order valence-electron chi connectivity index (χ1n) is 3.38. The number of amides is 1. The van der Waals surface area contributed by atoms with Crippen molar-refractivity contribution in [1.29, 1.82) is 0 Å². The second kappa shape index (κ2) is 3.00. The number of carbonyl (C=O) groups excluding carboxylic acids is 1. The third-order valence-electron chi connectivity index (χ3n) is 1.85. The molecule has 3 nitrogen and oxygen atoms in total. The summed E-state index contributed by atoms with van der Waals surface area (Å²) in [5.74, 6) is -1.25. The van der Waals surface area contributed by atoms with E-state index >= 15 is 0 Å². The van der Waals surface area contributed by atoms with Gasteiger partial charge in [0.1, 0.15) is 0 Å². The maximum Gasteiger partial charge on any atom is 0.255 e. The fourth-order valence-electron chi connectivity index (χ4n) is 1.19. The molecule has 11 heavy (non-hydrogen) atoms. The normalized spacial score (nSPS) is 36.9. The Morgan fingerprint density at radius 2 is 2.45 bits per heavy atom. The molecular formula is C7H10FNO2. The number of aliphatic hydroxyl groups excluding tert-OH is 1. The summed E-state index contributed by atoms with van der Waals surface area (Å²) in [5, 5.41) is 11.0. The average Bonchev–Trinajstić information content (AvgIpc) is 2.28. The minimum absolute atomic E-state index is 0.247. The van der Waals surface area contributed by atoms with E-state index in [9.17, 15) is 9.18 Å². The fourth-order valence-corrected chi connectivity index (χ4v) is 1.19. The molecule has 62 valence electrons. The quantitative estimate of drug-likeness (QED) is 0.539. The van der Waals surface area contributed by atoms with E-state index in [4.69, 9.17) is 5.11 Å². The van der Waals surface area contributed by atoms with Crippen molar-refractivity contribution in [1.82, 2.24) is 5.32 Å². The molecule has 3 atom stereocenters. The molecule has 1 rings (SSSR count). The average molecular weight is 159 g/mol. The van der Waals surface area contributed by atoms with Gasteiger partial charge in [0.15, 0.2) is 6.17 Å². The van der Waals surface area contributed by atoms with Crippen molar-refractivity contribution in [3.05, 3.63) is 12.7 Å². The molecule has 1 aliphatic rings. The van der Waals surface area contributed by atoms with Crippen LogP contribution in [0.5, 0.6) is 0 Å². The van der Waals surface area contributed by atoms with Gasteiger partial charge >= 0.3 is 0 Å². The number of nitrogens with one attached hydrogen (secondary N) is 1. The Kier molecular flexibility index (Phi) is 2.24. The van der Waals surface area contributed by atoms with Crippen molar-refractivity contribution in [2.24, 2.45) is 5.92 Å². The van der Waals surface area contributed by atoms with Gasteiger partial charge in [-0.25, -0.2) is 4.39 Å². The lowest BCUT2D eigenvalue weighted by molar-refractivity contribution is -0.123. The number of alkyl halides is 1. The highest BCUT2D eigenvalue weighted by atomic mass is 19.1. The van der Waals surface area contributed by atoms with Gasteiger partial charge in [-0.3, -0.25) is 4.79 Å². The Bertz CT molecular complexity index is 183. The van der Waals surface area contributed by atoms with Crippen molar-refractivity contribution in [3.8, 4) is 0 Å². The van der Waals surface area contributed by atoms with Crippen LogP contribution >= 0.6 is 0 Å². The van der Waals surface area contributed by atoms with Crippen LogP contribution in [-0.4, -0.2) is 29.8 Å². The third kappa shape index (κ3) is 1.26. The number of halogens is 1. The van der Waals surface area contributed by atoms with Crippen LogP contribution in [-0.2, 0) is 4.79 Å². The zero-order valence-electron chi connectivity index (χ0n) is 5.96. The molecular weight excluding hydrogens is 149 g/mol. The predicted molar refractivity (Wildman–Crippen MR) is 37.6 cm³/mol. The van der Waals surface area contributed by atoms with Crippen molar-refractivity contribution >= 4 is 5.91 Å². The lowest BCUT2D eigenvalue weighted by Crippen LogP contribution is -2.31. The number of carbonyl (C=O) groups is 1.